The van der Waals surface area contributed by atoms with Gasteiger partial charge in [0.1, 0.15) is 0 Å². The first kappa shape index (κ1) is 16.3. The summed E-state index contributed by atoms with van der Waals surface area (Å²) in [5.41, 5.74) is 1.71. The first-order valence-electron chi connectivity index (χ1n) is 6.62. The number of methoxy groups -OCH3 is 2. The van der Waals surface area contributed by atoms with Crippen molar-refractivity contribution in [3.8, 4) is 11.5 Å². The molecule has 1 aromatic carbocycles. The molecule has 20 heavy (non-hydrogen) atoms. The van der Waals surface area contributed by atoms with Gasteiger partial charge >= 0.3 is 5.97 Å². The van der Waals surface area contributed by atoms with Gasteiger partial charge in [-0.15, -0.1) is 0 Å². The molecule has 0 bridgehead atoms. The van der Waals surface area contributed by atoms with E-state index in [2.05, 4.69) is 0 Å². The maximum atomic E-state index is 10.4. The van der Waals surface area contributed by atoms with E-state index in [0.717, 1.165) is 11.1 Å². The molecule has 0 amide bonds. The van der Waals surface area contributed by atoms with Crippen molar-refractivity contribution in [3.63, 3.8) is 0 Å². The van der Waals surface area contributed by atoms with Crippen molar-refractivity contribution in [3.05, 3.63) is 23.3 Å². The summed E-state index contributed by atoms with van der Waals surface area (Å²) in [6.07, 6.45) is 1.28. The molecular formula is C15H22O5. The number of aliphatic hydroxyl groups is 1. The van der Waals surface area contributed by atoms with Crippen molar-refractivity contribution in [1.29, 1.82) is 0 Å². The number of hydrogen-bond acceptors (Lipinski definition) is 4. The number of aliphatic carboxylic acids is 1. The van der Waals surface area contributed by atoms with Gasteiger partial charge in [0, 0.05) is 6.42 Å². The monoisotopic (exact) mass is 282 g/mol. The molecule has 1 unspecified atom stereocenters. The third-order valence-electron chi connectivity index (χ3n) is 3.25. The van der Waals surface area contributed by atoms with Crippen molar-refractivity contribution in [1.82, 2.24) is 0 Å². The van der Waals surface area contributed by atoms with Crippen LogP contribution in [0.3, 0.4) is 0 Å². The van der Waals surface area contributed by atoms with Crippen LogP contribution in [0.2, 0.25) is 0 Å². The highest BCUT2D eigenvalue weighted by Crippen LogP contribution is 2.34. The Labute approximate surface area is 119 Å². The average molecular weight is 282 g/mol. The Morgan fingerprint density at radius 1 is 1.20 bits per heavy atom. The fourth-order valence-corrected chi connectivity index (χ4v) is 2.12. The molecule has 0 spiro atoms. The van der Waals surface area contributed by atoms with Gasteiger partial charge in [-0.05, 0) is 49.4 Å². The zero-order chi connectivity index (χ0) is 15.1. The smallest absolute Gasteiger partial charge is 0.303 e. The minimum Gasteiger partial charge on any atom is -0.493 e. The number of benzene rings is 1. The average Bonchev–Trinajstić information content (AvgIpc) is 2.42. The normalized spacial score (nSPS) is 12.0. The molecule has 0 aromatic heterocycles. The largest absolute Gasteiger partial charge is 0.493 e. The van der Waals surface area contributed by atoms with Gasteiger partial charge in [0.25, 0.3) is 0 Å². The SMILES string of the molecule is COc1cc(C)c(C(O)CCCCC(=O)O)cc1OC. The van der Waals surface area contributed by atoms with Crippen LogP contribution in [-0.2, 0) is 4.79 Å². The van der Waals surface area contributed by atoms with Crippen molar-refractivity contribution in [2.75, 3.05) is 14.2 Å². The molecule has 1 aromatic rings. The molecule has 2 N–H and O–H groups in total. The topological polar surface area (TPSA) is 76.0 Å². The zero-order valence-electron chi connectivity index (χ0n) is 12.2. The first-order chi connectivity index (χ1) is 9.49. The standard InChI is InChI=1S/C15H22O5/c1-10-8-13(19-2)14(20-3)9-11(10)12(16)6-4-5-7-15(17)18/h8-9,12,16H,4-7H2,1-3H3,(H,17,18). The zero-order valence-corrected chi connectivity index (χ0v) is 12.2. The predicted molar refractivity (Wildman–Crippen MR) is 75.3 cm³/mol. The van der Waals surface area contributed by atoms with Crippen LogP contribution >= 0.6 is 0 Å². The summed E-state index contributed by atoms with van der Waals surface area (Å²) in [6, 6.07) is 3.60. The van der Waals surface area contributed by atoms with Crippen molar-refractivity contribution >= 4 is 5.97 Å². The highest BCUT2D eigenvalue weighted by atomic mass is 16.5. The third-order valence-corrected chi connectivity index (χ3v) is 3.25. The third kappa shape index (κ3) is 4.42. The molecule has 1 atom stereocenters. The van der Waals surface area contributed by atoms with Gasteiger partial charge in [0.15, 0.2) is 11.5 Å². The fraction of sp³-hybridized carbons (Fsp3) is 0.533. The quantitative estimate of drug-likeness (QED) is 0.717. The van der Waals surface area contributed by atoms with Gasteiger partial charge in [-0.3, -0.25) is 4.79 Å². The maximum Gasteiger partial charge on any atom is 0.303 e. The van der Waals surface area contributed by atoms with Crippen molar-refractivity contribution in [2.24, 2.45) is 0 Å². The maximum absolute atomic E-state index is 10.4. The molecule has 0 aliphatic heterocycles. The van der Waals surface area contributed by atoms with E-state index in [9.17, 15) is 9.90 Å². The molecule has 0 saturated heterocycles. The summed E-state index contributed by atoms with van der Waals surface area (Å²) in [4.78, 5) is 10.4. The number of carboxylic acids is 1. The van der Waals surface area contributed by atoms with Crippen LogP contribution in [0, 0.1) is 6.92 Å². The van der Waals surface area contributed by atoms with E-state index in [1.807, 2.05) is 13.0 Å². The molecule has 1 rings (SSSR count). The van der Waals surface area contributed by atoms with E-state index in [0.29, 0.717) is 30.8 Å². The number of unbranched alkanes of at least 4 members (excludes halogenated alkanes) is 1. The number of hydrogen-bond donors (Lipinski definition) is 2. The van der Waals surface area contributed by atoms with Crippen molar-refractivity contribution < 1.29 is 24.5 Å². The molecule has 5 nitrogen and oxygen atoms in total. The van der Waals surface area contributed by atoms with Crippen LogP contribution in [0.15, 0.2) is 12.1 Å². The summed E-state index contributed by atoms with van der Waals surface area (Å²) in [6.45, 7) is 1.90. The van der Waals surface area contributed by atoms with E-state index in [1.54, 1.807) is 20.3 Å². The molecule has 0 aliphatic rings. The lowest BCUT2D eigenvalue weighted by Gasteiger charge is -2.17. The van der Waals surface area contributed by atoms with Crippen LogP contribution in [0.1, 0.15) is 42.9 Å². The second-order valence-corrected chi connectivity index (χ2v) is 4.72. The number of carbonyl (C=O) groups is 1. The first-order valence-corrected chi connectivity index (χ1v) is 6.62. The van der Waals surface area contributed by atoms with E-state index in [1.165, 1.54) is 0 Å². The van der Waals surface area contributed by atoms with Crippen LogP contribution in [-0.4, -0.2) is 30.4 Å². The second kappa shape index (κ2) is 7.75. The lowest BCUT2D eigenvalue weighted by atomic mass is 9.98. The number of rotatable bonds is 8. The number of aryl methyl sites for hydroxylation is 1. The second-order valence-electron chi connectivity index (χ2n) is 4.72. The summed E-state index contributed by atoms with van der Waals surface area (Å²) in [5.74, 6) is 0.409. The summed E-state index contributed by atoms with van der Waals surface area (Å²) in [5, 5.41) is 18.8. The summed E-state index contributed by atoms with van der Waals surface area (Å²) >= 11 is 0. The lowest BCUT2D eigenvalue weighted by molar-refractivity contribution is -0.137. The molecule has 0 saturated carbocycles. The van der Waals surface area contributed by atoms with E-state index >= 15 is 0 Å². The van der Waals surface area contributed by atoms with Crippen molar-refractivity contribution in [2.45, 2.75) is 38.7 Å². The Balaban J connectivity index is 2.72. The van der Waals surface area contributed by atoms with Crippen LogP contribution in [0.25, 0.3) is 0 Å². The van der Waals surface area contributed by atoms with Crippen LogP contribution in [0.4, 0.5) is 0 Å². The fourth-order valence-electron chi connectivity index (χ4n) is 2.12. The van der Waals surface area contributed by atoms with E-state index in [4.69, 9.17) is 14.6 Å². The molecule has 0 fully saturated rings. The number of ether oxygens (including phenoxy) is 2. The Hall–Kier alpha value is -1.75. The number of carboxylic acid groups (broad SMARTS) is 1. The van der Waals surface area contributed by atoms with Gasteiger partial charge < -0.3 is 19.7 Å². The molecule has 5 heteroatoms. The molecule has 112 valence electrons. The predicted octanol–water partition coefficient (Wildman–Crippen LogP) is 2.69. The van der Waals surface area contributed by atoms with Crippen LogP contribution < -0.4 is 9.47 Å². The lowest BCUT2D eigenvalue weighted by Crippen LogP contribution is -2.03. The van der Waals surface area contributed by atoms with Crippen LogP contribution in [0.5, 0.6) is 11.5 Å². The van der Waals surface area contributed by atoms with Gasteiger partial charge in [-0.2, -0.15) is 0 Å². The van der Waals surface area contributed by atoms with Gasteiger partial charge in [-0.25, -0.2) is 0 Å². The summed E-state index contributed by atoms with van der Waals surface area (Å²) in [7, 11) is 3.12. The molecule has 0 radical (unpaired) electrons. The molecular weight excluding hydrogens is 260 g/mol. The highest BCUT2D eigenvalue weighted by Gasteiger charge is 2.15. The van der Waals surface area contributed by atoms with Gasteiger partial charge in [0.2, 0.25) is 0 Å². The Bertz CT molecular complexity index is 456. The molecule has 0 heterocycles. The Morgan fingerprint density at radius 3 is 2.35 bits per heavy atom. The van der Waals surface area contributed by atoms with E-state index < -0.39 is 12.1 Å². The molecule has 0 aliphatic carbocycles. The van der Waals surface area contributed by atoms with Gasteiger partial charge in [0.05, 0.1) is 20.3 Å². The minimum atomic E-state index is -0.804. The van der Waals surface area contributed by atoms with E-state index in [-0.39, 0.29) is 6.42 Å². The Morgan fingerprint density at radius 2 is 1.80 bits per heavy atom. The summed E-state index contributed by atoms with van der Waals surface area (Å²) < 4.78 is 10.4. The minimum absolute atomic E-state index is 0.137. The Kier molecular flexibility index (Phi) is 6.31. The number of aliphatic hydroxyl groups excluding tert-OH is 1. The highest BCUT2D eigenvalue weighted by molar-refractivity contribution is 5.66. The van der Waals surface area contributed by atoms with Gasteiger partial charge in [-0.1, -0.05) is 0 Å².